The maximum atomic E-state index is 9.42. The number of halogens is 1. The molecule has 16 heavy (non-hydrogen) atoms. The van der Waals surface area contributed by atoms with Crippen molar-refractivity contribution >= 4 is 21.6 Å². The van der Waals surface area contributed by atoms with E-state index in [-0.39, 0.29) is 6.61 Å². The molecule has 1 aromatic carbocycles. The van der Waals surface area contributed by atoms with Gasteiger partial charge in [0.25, 0.3) is 0 Å². The minimum absolute atomic E-state index is 0.0433. The summed E-state index contributed by atoms with van der Waals surface area (Å²) in [5.74, 6) is 0.834. The standard InChI is InChI=1S/C12H16BrNO2/c1-16-11-7-10(13)6-9(8-15)12(11)14-4-2-3-5-14/h6-7,15H,2-5,8H2,1H3. The molecule has 1 aliphatic rings. The van der Waals surface area contributed by atoms with Crippen LogP contribution in [0.15, 0.2) is 16.6 Å². The van der Waals surface area contributed by atoms with Crippen LogP contribution in [0.2, 0.25) is 0 Å². The third-order valence-corrected chi connectivity index (χ3v) is 3.39. The fourth-order valence-corrected chi connectivity index (χ4v) is 2.69. The molecule has 0 bridgehead atoms. The molecule has 0 spiro atoms. The molecule has 4 heteroatoms. The quantitative estimate of drug-likeness (QED) is 0.927. The zero-order valence-electron chi connectivity index (χ0n) is 9.37. The van der Waals surface area contributed by atoms with E-state index in [2.05, 4.69) is 20.8 Å². The van der Waals surface area contributed by atoms with Gasteiger partial charge in [-0.2, -0.15) is 0 Å². The first-order valence-electron chi connectivity index (χ1n) is 5.48. The Morgan fingerprint density at radius 2 is 2.06 bits per heavy atom. The fourth-order valence-electron chi connectivity index (χ4n) is 2.20. The van der Waals surface area contributed by atoms with E-state index < -0.39 is 0 Å². The number of aliphatic hydroxyl groups is 1. The third kappa shape index (κ3) is 2.18. The largest absolute Gasteiger partial charge is 0.495 e. The van der Waals surface area contributed by atoms with Crippen LogP contribution >= 0.6 is 15.9 Å². The van der Waals surface area contributed by atoms with E-state index in [0.717, 1.165) is 34.6 Å². The van der Waals surface area contributed by atoms with Gasteiger partial charge >= 0.3 is 0 Å². The van der Waals surface area contributed by atoms with E-state index in [1.54, 1.807) is 7.11 Å². The molecule has 88 valence electrons. The van der Waals surface area contributed by atoms with Crippen molar-refractivity contribution in [3.8, 4) is 5.75 Å². The minimum atomic E-state index is 0.0433. The van der Waals surface area contributed by atoms with Gasteiger partial charge in [-0.25, -0.2) is 0 Å². The predicted octanol–water partition coefficient (Wildman–Crippen LogP) is 2.55. The highest BCUT2D eigenvalue weighted by Crippen LogP contribution is 2.37. The molecule has 0 aliphatic carbocycles. The summed E-state index contributed by atoms with van der Waals surface area (Å²) in [6, 6.07) is 3.91. The number of nitrogens with zero attached hydrogens (tertiary/aromatic N) is 1. The number of rotatable bonds is 3. The minimum Gasteiger partial charge on any atom is -0.495 e. The van der Waals surface area contributed by atoms with E-state index >= 15 is 0 Å². The Morgan fingerprint density at radius 1 is 1.38 bits per heavy atom. The summed E-state index contributed by atoms with van der Waals surface area (Å²) >= 11 is 3.43. The second-order valence-corrected chi connectivity index (χ2v) is 4.88. The molecule has 1 heterocycles. The normalized spacial score (nSPS) is 15.6. The maximum Gasteiger partial charge on any atom is 0.143 e. The Morgan fingerprint density at radius 3 is 2.62 bits per heavy atom. The van der Waals surface area contributed by atoms with Gasteiger partial charge < -0.3 is 14.7 Å². The fraction of sp³-hybridized carbons (Fsp3) is 0.500. The zero-order chi connectivity index (χ0) is 11.5. The summed E-state index contributed by atoms with van der Waals surface area (Å²) in [5, 5.41) is 9.42. The average Bonchev–Trinajstić information content (AvgIpc) is 2.80. The van der Waals surface area contributed by atoms with Crippen LogP contribution < -0.4 is 9.64 Å². The van der Waals surface area contributed by atoms with Crippen LogP contribution in [0.4, 0.5) is 5.69 Å². The van der Waals surface area contributed by atoms with Gasteiger partial charge in [0.05, 0.1) is 19.4 Å². The number of hydrogen-bond donors (Lipinski definition) is 1. The predicted molar refractivity (Wildman–Crippen MR) is 68.1 cm³/mol. The van der Waals surface area contributed by atoms with E-state index in [9.17, 15) is 5.11 Å². The van der Waals surface area contributed by atoms with E-state index in [4.69, 9.17) is 4.74 Å². The molecular formula is C12H16BrNO2. The first kappa shape index (κ1) is 11.7. The van der Waals surface area contributed by atoms with Gasteiger partial charge in [-0.15, -0.1) is 0 Å². The molecule has 0 aromatic heterocycles. The van der Waals surface area contributed by atoms with Crippen LogP contribution in [0.3, 0.4) is 0 Å². The summed E-state index contributed by atoms with van der Waals surface area (Å²) in [5.41, 5.74) is 1.97. The number of benzene rings is 1. The number of ether oxygens (including phenoxy) is 1. The molecule has 0 amide bonds. The number of aliphatic hydroxyl groups excluding tert-OH is 1. The monoisotopic (exact) mass is 285 g/mol. The van der Waals surface area contributed by atoms with E-state index in [0.29, 0.717) is 0 Å². The molecule has 0 atom stereocenters. The van der Waals surface area contributed by atoms with E-state index in [1.165, 1.54) is 12.8 Å². The Balaban J connectivity index is 2.46. The SMILES string of the molecule is COc1cc(Br)cc(CO)c1N1CCCC1. The molecule has 1 saturated heterocycles. The smallest absolute Gasteiger partial charge is 0.143 e. The Labute approximate surface area is 104 Å². The van der Waals surface area contributed by atoms with Crippen molar-refractivity contribution < 1.29 is 9.84 Å². The van der Waals surface area contributed by atoms with Crippen LogP contribution in [-0.4, -0.2) is 25.3 Å². The lowest BCUT2D eigenvalue weighted by Crippen LogP contribution is -2.20. The lowest BCUT2D eigenvalue weighted by Gasteiger charge is -2.23. The summed E-state index contributed by atoms with van der Waals surface area (Å²) in [7, 11) is 1.67. The van der Waals surface area contributed by atoms with Crippen LogP contribution in [-0.2, 0) is 6.61 Å². The topological polar surface area (TPSA) is 32.7 Å². The van der Waals surface area contributed by atoms with Crippen LogP contribution in [0.25, 0.3) is 0 Å². The van der Waals surface area contributed by atoms with Gasteiger partial charge in [-0.3, -0.25) is 0 Å². The van der Waals surface area contributed by atoms with Crippen molar-refractivity contribution in [3.05, 3.63) is 22.2 Å². The zero-order valence-corrected chi connectivity index (χ0v) is 11.0. The van der Waals surface area contributed by atoms with Crippen molar-refractivity contribution in [2.45, 2.75) is 19.4 Å². The summed E-state index contributed by atoms with van der Waals surface area (Å²) in [4.78, 5) is 2.29. The van der Waals surface area contributed by atoms with Crippen molar-refractivity contribution in [1.29, 1.82) is 0 Å². The molecule has 0 saturated carbocycles. The van der Waals surface area contributed by atoms with Gasteiger partial charge in [0, 0.05) is 23.1 Å². The number of hydrogen-bond acceptors (Lipinski definition) is 3. The summed E-state index contributed by atoms with van der Waals surface area (Å²) in [6.45, 7) is 2.14. The van der Waals surface area contributed by atoms with Gasteiger partial charge in [0.2, 0.25) is 0 Å². The van der Waals surface area contributed by atoms with Gasteiger partial charge in [0.1, 0.15) is 5.75 Å². The second kappa shape index (κ2) is 5.06. The highest BCUT2D eigenvalue weighted by molar-refractivity contribution is 9.10. The molecule has 1 aliphatic heterocycles. The Bertz CT molecular complexity index is 350. The van der Waals surface area contributed by atoms with Crippen LogP contribution in [0.5, 0.6) is 5.75 Å². The number of anilines is 1. The number of methoxy groups -OCH3 is 1. The Kier molecular flexibility index (Phi) is 3.71. The molecular weight excluding hydrogens is 270 g/mol. The maximum absolute atomic E-state index is 9.42. The lowest BCUT2D eigenvalue weighted by molar-refractivity contribution is 0.281. The molecule has 0 radical (unpaired) electrons. The highest BCUT2D eigenvalue weighted by atomic mass is 79.9. The molecule has 0 unspecified atom stereocenters. The Hall–Kier alpha value is -0.740. The third-order valence-electron chi connectivity index (χ3n) is 2.93. The van der Waals surface area contributed by atoms with Crippen molar-refractivity contribution in [3.63, 3.8) is 0 Å². The lowest BCUT2D eigenvalue weighted by atomic mass is 10.1. The van der Waals surface area contributed by atoms with Crippen molar-refractivity contribution in [2.75, 3.05) is 25.1 Å². The molecule has 3 nitrogen and oxygen atoms in total. The molecule has 1 N–H and O–H groups in total. The molecule has 1 aromatic rings. The average molecular weight is 286 g/mol. The molecule has 1 fully saturated rings. The van der Waals surface area contributed by atoms with Gasteiger partial charge in [0.15, 0.2) is 0 Å². The second-order valence-electron chi connectivity index (χ2n) is 3.97. The first-order chi connectivity index (χ1) is 7.76. The molecule has 2 rings (SSSR count). The van der Waals surface area contributed by atoms with Crippen molar-refractivity contribution in [2.24, 2.45) is 0 Å². The van der Waals surface area contributed by atoms with Gasteiger partial charge in [-0.1, -0.05) is 15.9 Å². The first-order valence-corrected chi connectivity index (χ1v) is 6.27. The van der Waals surface area contributed by atoms with E-state index in [1.807, 2.05) is 12.1 Å². The summed E-state index contributed by atoms with van der Waals surface area (Å²) < 4.78 is 6.34. The summed E-state index contributed by atoms with van der Waals surface area (Å²) in [6.07, 6.45) is 2.42. The van der Waals surface area contributed by atoms with Crippen LogP contribution in [0, 0.1) is 0 Å². The van der Waals surface area contributed by atoms with Gasteiger partial charge in [-0.05, 0) is 25.0 Å². The van der Waals surface area contributed by atoms with Crippen LogP contribution in [0.1, 0.15) is 18.4 Å². The highest BCUT2D eigenvalue weighted by Gasteiger charge is 2.20. The van der Waals surface area contributed by atoms with Crippen molar-refractivity contribution in [1.82, 2.24) is 0 Å².